The van der Waals surface area contributed by atoms with Gasteiger partial charge in [0, 0.05) is 23.6 Å². The number of carbonyl (C=O) groups is 1. The van der Waals surface area contributed by atoms with Gasteiger partial charge in [-0.3, -0.25) is 0 Å². The van der Waals surface area contributed by atoms with E-state index in [1.54, 1.807) is 0 Å². The fraction of sp³-hybridized carbons (Fsp3) is 0.333. The maximum Gasteiger partial charge on any atom is 0.358 e. The molecule has 0 radical (unpaired) electrons. The number of aromatic carboxylic acids is 1. The number of benzene rings is 1. The zero-order valence-corrected chi connectivity index (χ0v) is 13.5. The Morgan fingerprint density at radius 2 is 2.05 bits per heavy atom. The smallest absolute Gasteiger partial charge is 0.358 e. The van der Waals surface area contributed by atoms with Crippen molar-refractivity contribution in [3.63, 3.8) is 0 Å². The van der Waals surface area contributed by atoms with Crippen LogP contribution >= 0.6 is 15.9 Å². The van der Waals surface area contributed by atoms with E-state index >= 15 is 0 Å². The van der Waals surface area contributed by atoms with Gasteiger partial charge in [-0.25, -0.2) is 4.79 Å². The summed E-state index contributed by atoms with van der Waals surface area (Å²) in [6, 6.07) is 3.26. The first-order valence-corrected chi connectivity index (χ1v) is 7.72. The van der Waals surface area contributed by atoms with Crippen molar-refractivity contribution in [1.82, 2.24) is 5.16 Å². The lowest BCUT2D eigenvalue weighted by molar-refractivity contribution is 0.0686. The molecule has 1 aromatic carbocycles. The van der Waals surface area contributed by atoms with Gasteiger partial charge in [-0.15, -0.1) is 0 Å². The third-order valence-electron chi connectivity index (χ3n) is 3.42. The molecule has 6 nitrogen and oxygen atoms in total. The van der Waals surface area contributed by atoms with Crippen molar-refractivity contribution < 1.29 is 23.9 Å². The van der Waals surface area contributed by atoms with Crippen molar-refractivity contribution in [3.05, 3.63) is 27.9 Å². The third-order valence-corrected chi connectivity index (χ3v) is 4.01. The predicted molar refractivity (Wildman–Crippen MR) is 81.6 cm³/mol. The molecule has 0 unspecified atom stereocenters. The highest BCUT2D eigenvalue weighted by Gasteiger charge is 2.24. The van der Waals surface area contributed by atoms with Gasteiger partial charge >= 0.3 is 5.97 Å². The third kappa shape index (κ3) is 2.56. The molecule has 1 aliphatic rings. The second-order valence-corrected chi connectivity index (χ2v) is 5.68. The summed E-state index contributed by atoms with van der Waals surface area (Å²) in [6.45, 7) is 3.17. The van der Waals surface area contributed by atoms with Crippen molar-refractivity contribution in [1.29, 1.82) is 0 Å². The lowest BCUT2D eigenvalue weighted by atomic mass is 10.0. The van der Waals surface area contributed by atoms with Gasteiger partial charge in [0.15, 0.2) is 23.0 Å². The van der Waals surface area contributed by atoms with Crippen molar-refractivity contribution in [2.45, 2.75) is 19.8 Å². The standard InChI is InChI=1S/C15H14BrNO5/c1-2-8-9(12-7-11(15(18)19)17-22-12)6-10(16)14-13(8)20-4-3-5-21-14/h6-7H,2-5H2,1H3,(H,18,19). The van der Waals surface area contributed by atoms with Gasteiger partial charge in [0.05, 0.1) is 17.7 Å². The van der Waals surface area contributed by atoms with Crippen LogP contribution in [0.15, 0.2) is 21.1 Å². The highest BCUT2D eigenvalue weighted by molar-refractivity contribution is 9.10. The van der Waals surface area contributed by atoms with E-state index in [1.807, 2.05) is 13.0 Å². The summed E-state index contributed by atoms with van der Waals surface area (Å²) in [4.78, 5) is 11.0. The molecule has 0 fully saturated rings. The van der Waals surface area contributed by atoms with Crippen LogP contribution in [0.3, 0.4) is 0 Å². The highest BCUT2D eigenvalue weighted by Crippen LogP contribution is 2.45. The maximum atomic E-state index is 11.0. The van der Waals surface area contributed by atoms with Gasteiger partial charge in [0.1, 0.15) is 0 Å². The zero-order chi connectivity index (χ0) is 15.7. The van der Waals surface area contributed by atoms with Crippen molar-refractivity contribution >= 4 is 21.9 Å². The minimum atomic E-state index is -1.12. The Balaban J connectivity index is 2.16. The molecule has 3 rings (SSSR count). The monoisotopic (exact) mass is 367 g/mol. The van der Waals surface area contributed by atoms with Crippen LogP contribution in [-0.2, 0) is 6.42 Å². The second kappa shape index (κ2) is 6.00. The minimum absolute atomic E-state index is 0.125. The van der Waals surface area contributed by atoms with E-state index in [-0.39, 0.29) is 5.69 Å². The number of carboxylic acid groups (broad SMARTS) is 1. The van der Waals surface area contributed by atoms with Gasteiger partial charge < -0.3 is 19.1 Å². The summed E-state index contributed by atoms with van der Waals surface area (Å²) in [5.74, 6) is 0.626. The summed E-state index contributed by atoms with van der Waals surface area (Å²) in [7, 11) is 0. The lowest BCUT2D eigenvalue weighted by Gasteiger charge is -2.16. The maximum absolute atomic E-state index is 11.0. The Labute approximate surface area is 135 Å². The number of hydrogen-bond acceptors (Lipinski definition) is 5. The molecule has 116 valence electrons. The summed E-state index contributed by atoms with van der Waals surface area (Å²) < 4.78 is 17.5. The van der Waals surface area contributed by atoms with E-state index in [0.717, 1.165) is 22.0 Å². The molecule has 0 saturated carbocycles. The largest absolute Gasteiger partial charge is 0.489 e. The van der Waals surface area contributed by atoms with Crippen molar-refractivity contribution in [3.8, 4) is 22.8 Å². The average molecular weight is 368 g/mol. The highest BCUT2D eigenvalue weighted by atomic mass is 79.9. The molecule has 7 heteroatoms. The van der Waals surface area contributed by atoms with Gasteiger partial charge in [-0.1, -0.05) is 12.1 Å². The summed E-state index contributed by atoms with van der Waals surface area (Å²) in [5.41, 5.74) is 1.53. The van der Waals surface area contributed by atoms with Gasteiger partial charge in [0.2, 0.25) is 0 Å². The van der Waals surface area contributed by atoms with E-state index in [0.29, 0.717) is 36.9 Å². The minimum Gasteiger partial charge on any atom is -0.489 e. The Kier molecular flexibility index (Phi) is 4.06. The van der Waals surface area contributed by atoms with E-state index in [1.165, 1.54) is 6.07 Å². The van der Waals surface area contributed by atoms with Crippen LogP contribution < -0.4 is 9.47 Å². The Morgan fingerprint density at radius 1 is 1.32 bits per heavy atom. The summed E-state index contributed by atoms with van der Waals surface area (Å²) in [5, 5.41) is 12.5. The fourth-order valence-electron chi connectivity index (χ4n) is 2.42. The molecule has 0 aliphatic carbocycles. The molecule has 2 aromatic rings. The Hall–Kier alpha value is -2.02. The van der Waals surface area contributed by atoms with Crippen LogP contribution in [-0.4, -0.2) is 29.4 Å². The Morgan fingerprint density at radius 3 is 2.68 bits per heavy atom. The molecule has 1 N–H and O–H groups in total. The molecule has 0 spiro atoms. The average Bonchev–Trinajstić information content (AvgIpc) is 2.86. The van der Waals surface area contributed by atoms with E-state index in [9.17, 15) is 4.79 Å². The number of fused-ring (bicyclic) bond motifs is 1. The van der Waals surface area contributed by atoms with Crippen LogP contribution in [0.4, 0.5) is 0 Å². The number of carboxylic acids is 1. The number of rotatable bonds is 3. The van der Waals surface area contributed by atoms with E-state index in [2.05, 4.69) is 21.1 Å². The summed E-state index contributed by atoms with van der Waals surface area (Å²) >= 11 is 3.48. The van der Waals surface area contributed by atoms with E-state index < -0.39 is 5.97 Å². The number of hydrogen-bond donors (Lipinski definition) is 1. The zero-order valence-electron chi connectivity index (χ0n) is 11.9. The summed E-state index contributed by atoms with van der Waals surface area (Å²) in [6.07, 6.45) is 1.50. The van der Waals surface area contributed by atoms with Crippen molar-refractivity contribution in [2.75, 3.05) is 13.2 Å². The molecule has 0 saturated heterocycles. The van der Waals surface area contributed by atoms with Crippen LogP contribution in [0.2, 0.25) is 0 Å². The first-order valence-electron chi connectivity index (χ1n) is 6.93. The SMILES string of the molecule is CCc1c(-c2cc(C(=O)O)no2)cc(Br)c2c1OCCCO2. The van der Waals surface area contributed by atoms with Crippen LogP contribution in [0.5, 0.6) is 11.5 Å². The topological polar surface area (TPSA) is 81.8 Å². The first-order chi connectivity index (χ1) is 10.6. The number of halogens is 1. The van der Waals surface area contributed by atoms with Gasteiger partial charge in [-0.05, 0) is 28.4 Å². The van der Waals surface area contributed by atoms with Crippen LogP contribution in [0.1, 0.15) is 29.4 Å². The number of nitrogens with zero attached hydrogens (tertiary/aromatic N) is 1. The predicted octanol–water partition coefficient (Wildman–Crippen LogP) is 3.53. The van der Waals surface area contributed by atoms with Gasteiger partial charge in [-0.2, -0.15) is 0 Å². The van der Waals surface area contributed by atoms with Crippen LogP contribution in [0.25, 0.3) is 11.3 Å². The van der Waals surface area contributed by atoms with E-state index in [4.69, 9.17) is 19.1 Å². The molecule has 1 aliphatic heterocycles. The molecule has 0 bridgehead atoms. The lowest BCUT2D eigenvalue weighted by Crippen LogP contribution is -1.99. The Bertz CT molecular complexity index is 725. The number of aromatic nitrogens is 1. The fourth-order valence-corrected chi connectivity index (χ4v) is 2.94. The number of ether oxygens (including phenoxy) is 2. The molecule has 0 atom stereocenters. The second-order valence-electron chi connectivity index (χ2n) is 4.83. The molecular weight excluding hydrogens is 354 g/mol. The molecule has 0 amide bonds. The molecule has 1 aromatic heterocycles. The molecule has 2 heterocycles. The quantitative estimate of drug-likeness (QED) is 0.893. The first kappa shape index (κ1) is 14.9. The molecular formula is C15H14BrNO5. The van der Waals surface area contributed by atoms with Gasteiger partial charge in [0.25, 0.3) is 0 Å². The molecule has 22 heavy (non-hydrogen) atoms. The van der Waals surface area contributed by atoms with Crippen LogP contribution in [0, 0.1) is 0 Å². The normalized spacial score (nSPS) is 13.7. The van der Waals surface area contributed by atoms with Crippen molar-refractivity contribution in [2.24, 2.45) is 0 Å².